The maximum Gasteiger partial charge on any atom is 0.257 e. The molecule has 0 saturated heterocycles. The number of methoxy groups -OCH3 is 1. The number of anilines is 1. The first-order valence-corrected chi connectivity index (χ1v) is 12.5. The summed E-state index contributed by atoms with van der Waals surface area (Å²) in [5.74, 6) is 0.387. The van der Waals surface area contributed by atoms with Gasteiger partial charge in [0.1, 0.15) is 17.9 Å². The van der Waals surface area contributed by atoms with Crippen molar-refractivity contribution in [1.82, 2.24) is 10.3 Å². The molecule has 0 spiro atoms. The van der Waals surface area contributed by atoms with E-state index in [0.29, 0.717) is 56.9 Å². The van der Waals surface area contributed by atoms with Crippen LogP contribution >= 0.6 is 23.8 Å². The average molecular weight is 562 g/mol. The third-order valence-electron chi connectivity index (χ3n) is 5.68. The second-order valence-electron chi connectivity index (χ2n) is 8.40. The summed E-state index contributed by atoms with van der Waals surface area (Å²) in [7, 11) is 1.50. The van der Waals surface area contributed by atoms with E-state index in [9.17, 15) is 9.18 Å². The van der Waals surface area contributed by atoms with Crippen molar-refractivity contribution in [2.24, 2.45) is 0 Å². The molecule has 1 amide bonds. The highest BCUT2D eigenvalue weighted by Crippen LogP contribution is 2.29. The number of thiocarbonyl (C=S) groups is 1. The van der Waals surface area contributed by atoms with E-state index in [2.05, 4.69) is 15.6 Å². The highest BCUT2D eigenvalue weighted by Gasteiger charge is 2.14. The summed E-state index contributed by atoms with van der Waals surface area (Å²) >= 11 is 11.3. The Labute approximate surface area is 233 Å². The topological polar surface area (TPSA) is 85.6 Å². The number of benzene rings is 4. The third-order valence-corrected chi connectivity index (χ3v) is 6.13. The Morgan fingerprint density at radius 3 is 2.62 bits per heavy atom. The van der Waals surface area contributed by atoms with Gasteiger partial charge in [-0.1, -0.05) is 29.8 Å². The number of hydrogen-bond donors (Lipinski definition) is 2. The number of fused-ring (bicyclic) bond motifs is 1. The molecule has 0 atom stereocenters. The highest BCUT2D eigenvalue weighted by molar-refractivity contribution is 7.80. The van der Waals surface area contributed by atoms with Gasteiger partial charge in [0.05, 0.1) is 7.11 Å². The number of aromatic nitrogens is 1. The van der Waals surface area contributed by atoms with Crippen LogP contribution < -0.4 is 20.1 Å². The van der Waals surface area contributed by atoms with Crippen molar-refractivity contribution in [3.05, 3.63) is 107 Å². The summed E-state index contributed by atoms with van der Waals surface area (Å²) < 4.78 is 30.6. The summed E-state index contributed by atoms with van der Waals surface area (Å²) in [5.41, 5.74) is 3.47. The van der Waals surface area contributed by atoms with Crippen LogP contribution in [0.4, 0.5) is 10.1 Å². The van der Waals surface area contributed by atoms with Gasteiger partial charge in [-0.3, -0.25) is 10.1 Å². The molecule has 0 unspecified atom stereocenters. The van der Waals surface area contributed by atoms with Crippen LogP contribution in [-0.4, -0.2) is 23.1 Å². The minimum atomic E-state index is -0.425. The number of amides is 1. The number of nitrogens with zero attached hydrogens (tertiary/aromatic N) is 1. The number of carbonyl (C=O) groups is 1. The van der Waals surface area contributed by atoms with Crippen LogP contribution in [-0.2, 0) is 6.61 Å². The lowest BCUT2D eigenvalue weighted by Crippen LogP contribution is -2.34. The minimum absolute atomic E-state index is 0.0928. The van der Waals surface area contributed by atoms with E-state index in [1.165, 1.54) is 19.2 Å². The first-order chi connectivity index (χ1) is 18.9. The molecule has 4 aromatic carbocycles. The zero-order valence-corrected chi connectivity index (χ0v) is 22.1. The Kier molecular flexibility index (Phi) is 7.72. The summed E-state index contributed by atoms with van der Waals surface area (Å²) in [6.07, 6.45) is 0. The van der Waals surface area contributed by atoms with Crippen LogP contribution in [0.25, 0.3) is 22.6 Å². The van der Waals surface area contributed by atoms with E-state index >= 15 is 0 Å². The molecular weight excluding hydrogens is 541 g/mol. The molecule has 0 aliphatic rings. The van der Waals surface area contributed by atoms with Crippen LogP contribution in [0.2, 0.25) is 5.02 Å². The predicted molar refractivity (Wildman–Crippen MR) is 152 cm³/mol. The smallest absolute Gasteiger partial charge is 0.257 e. The fourth-order valence-corrected chi connectivity index (χ4v) is 4.09. The Balaban J connectivity index is 1.22. The summed E-state index contributed by atoms with van der Waals surface area (Å²) in [4.78, 5) is 17.3. The summed E-state index contributed by atoms with van der Waals surface area (Å²) in [5, 5.41) is 6.36. The first-order valence-electron chi connectivity index (χ1n) is 11.7. The second-order valence-corrected chi connectivity index (χ2v) is 9.25. The number of rotatable bonds is 7. The minimum Gasteiger partial charge on any atom is -0.493 e. The van der Waals surface area contributed by atoms with Crippen molar-refractivity contribution in [2.75, 3.05) is 12.4 Å². The molecule has 7 nitrogen and oxygen atoms in total. The van der Waals surface area contributed by atoms with Gasteiger partial charge in [-0.2, -0.15) is 0 Å². The molecule has 2 N–H and O–H groups in total. The van der Waals surface area contributed by atoms with Crippen molar-refractivity contribution in [3.8, 4) is 23.0 Å². The number of ether oxygens (including phenoxy) is 2. The summed E-state index contributed by atoms with van der Waals surface area (Å²) in [6, 6.07) is 23.3. The SMILES string of the molecule is COc1cc(C(=O)NC(=S)Nc2ccc3oc(-c4cccc(F)c4)nc3c2)ccc1OCc1ccc(Cl)cc1. The highest BCUT2D eigenvalue weighted by atomic mass is 35.5. The molecule has 0 radical (unpaired) electrons. The Morgan fingerprint density at radius 1 is 1.03 bits per heavy atom. The first kappa shape index (κ1) is 26.1. The zero-order valence-electron chi connectivity index (χ0n) is 20.5. The molecule has 0 saturated carbocycles. The van der Waals surface area contributed by atoms with Crippen LogP contribution in [0.15, 0.2) is 89.3 Å². The Morgan fingerprint density at radius 2 is 1.85 bits per heavy atom. The normalized spacial score (nSPS) is 10.7. The van der Waals surface area contributed by atoms with Gasteiger partial charge >= 0.3 is 0 Å². The van der Waals surface area contributed by atoms with E-state index in [1.54, 1.807) is 60.7 Å². The van der Waals surface area contributed by atoms with E-state index < -0.39 is 5.91 Å². The zero-order chi connectivity index (χ0) is 27.4. The van der Waals surface area contributed by atoms with E-state index in [4.69, 9.17) is 37.7 Å². The molecule has 0 bridgehead atoms. The second kappa shape index (κ2) is 11.5. The van der Waals surface area contributed by atoms with Gasteiger partial charge in [-0.05, 0) is 84.5 Å². The number of nitrogens with one attached hydrogen (secondary N) is 2. The van der Waals surface area contributed by atoms with E-state index in [0.717, 1.165) is 5.56 Å². The van der Waals surface area contributed by atoms with E-state index in [-0.39, 0.29) is 10.9 Å². The molecule has 5 rings (SSSR count). The van der Waals surface area contributed by atoms with Gasteiger partial charge in [0.2, 0.25) is 5.89 Å². The molecule has 0 fully saturated rings. The fraction of sp³-hybridized carbons (Fsp3) is 0.0690. The van der Waals surface area contributed by atoms with Crippen molar-refractivity contribution in [1.29, 1.82) is 0 Å². The molecule has 0 aliphatic heterocycles. The van der Waals surface area contributed by atoms with Gasteiger partial charge < -0.3 is 19.2 Å². The Hall–Kier alpha value is -4.47. The lowest BCUT2D eigenvalue weighted by atomic mass is 10.2. The molecule has 1 heterocycles. The van der Waals surface area contributed by atoms with Gasteiger partial charge in [0, 0.05) is 21.8 Å². The van der Waals surface area contributed by atoms with Gasteiger partial charge in [0.15, 0.2) is 22.2 Å². The molecule has 1 aromatic heterocycles. The molecule has 196 valence electrons. The van der Waals surface area contributed by atoms with Crippen molar-refractivity contribution >= 4 is 51.6 Å². The number of halogens is 2. The molecule has 10 heteroatoms. The standard InChI is InChI=1S/C29H21ClFN3O4S/c1-36-26-14-18(7-11-25(26)37-16-17-5-8-20(30)9-6-17)27(35)34-29(39)32-22-10-12-24-23(15-22)33-28(38-24)19-3-2-4-21(31)13-19/h2-15H,16H2,1H3,(H2,32,34,35,39). The van der Waals surface area contributed by atoms with Crippen LogP contribution in [0, 0.1) is 5.82 Å². The monoisotopic (exact) mass is 561 g/mol. The number of hydrogen-bond acceptors (Lipinski definition) is 6. The van der Waals surface area contributed by atoms with Crippen molar-refractivity contribution in [3.63, 3.8) is 0 Å². The Bertz CT molecular complexity index is 1670. The third kappa shape index (κ3) is 6.34. The van der Waals surface area contributed by atoms with Crippen molar-refractivity contribution in [2.45, 2.75) is 6.61 Å². The lowest BCUT2D eigenvalue weighted by Gasteiger charge is -2.13. The molecule has 5 aromatic rings. The largest absolute Gasteiger partial charge is 0.493 e. The van der Waals surface area contributed by atoms with Crippen LogP contribution in [0.5, 0.6) is 11.5 Å². The fourth-order valence-electron chi connectivity index (χ4n) is 3.76. The molecular formula is C29H21ClFN3O4S. The van der Waals surface area contributed by atoms with Gasteiger partial charge in [-0.25, -0.2) is 9.37 Å². The predicted octanol–water partition coefficient (Wildman–Crippen LogP) is 7.00. The van der Waals surface area contributed by atoms with Gasteiger partial charge in [0.25, 0.3) is 5.91 Å². The van der Waals surface area contributed by atoms with Gasteiger partial charge in [-0.15, -0.1) is 0 Å². The van der Waals surface area contributed by atoms with Crippen molar-refractivity contribution < 1.29 is 23.1 Å². The molecule has 39 heavy (non-hydrogen) atoms. The maximum atomic E-state index is 13.6. The van der Waals surface area contributed by atoms with Crippen LogP contribution in [0.1, 0.15) is 15.9 Å². The maximum absolute atomic E-state index is 13.6. The summed E-state index contributed by atoms with van der Waals surface area (Å²) in [6.45, 7) is 0.312. The number of oxazole rings is 1. The van der Waals surface area contributed by atoms with E-state index in [1.807, 2.05) is 12.1 Å². The molecule has 0 aliphatic carbocycles. The number of carbonyl (C=O) groups excluding carboxylic acids is 1. The average Bonchev–Trinajstić information content (AvgIpc) is 3.36. The lowest BCUT2D eigenvalue weighted by molar-refractivity contribution is 0.0977. The van der Waals surface area contributed by atoms with Crippen LogP contribution in [0.3, 0.4) is 0 Å². The quantitative estimate of drug-likeness (QED) is 0.207.